The third kappa shape index (κ3) is 3.61. The summed E-state index contributed by atoms with van der Waals surface area (Å²) >= 11 is 0. The first-order valence-corrected chi connectivity index (χ1v) is 8.28. The quantitative estimate of drug-likeness (QED) is 0.772. The van der Waals surface area contributed by atoms with E-state index in [4.69, 9.17) is 5.11 Å². The van der Waals surface area contributed by atoms with E-state index < -0.39 is 16.0 Å². The highest BCUT2D eigenvalue weighted by atomic mass is 32.2. The SMILES string of the molecule is CC1CCCC(CNS(=O)(=O)c2c[nH]c(C(=O)O)c2)C1. The fraction of sp³-hybridized carbons (Fsp3) is 0.615. The normalized spacial score (nSPS) is 23.6. The maximum Gasteiger partial charge on any atom is 0.352 e. The Morgan fingerprint density at radius 1 is 1.50 bits per heavy atom. The van der Waals surface area contributed by atoms with Gasteiger partial charge in [-0.15, -0.1) is 0 Å². The molecule has 6 nitrogen and oxygen atoms in total. The van der Waals surface area contributed by atoms with Crippen LogP contribution in [0.25, 0.3) is 0 Å². The first-order chi connectivity index (χ1) is 9.38. The highest BCUT2D eigenvalue weighted by molar-refractivity contribution is 7.89. The molecule has 0 bridgehead atoms. The van der Waals surface area contributed by atoms with Crippen molar-refractivity contribution in [2.45, 2.75) is 37.5 Å². The molecule has 2 rings (SSSR count). The van der Waals surface area contributed by atoms with Crippen molar-refractivity contribution in [3.05, 3.63) is 18.0 Å². The van der Waals surface area contributed by atoms with Crippen molar-refractivity contribution in [1.82, 2.24) is 9.71 Å². The fourth-order valence-electron chi connectivity index (χ4n) is 2.71. The lowest BCUT2D eigenvalue weighted by Gasteiger charge is -2.26. The average molecular weight is 300 g/mol. The van der Waals surface area contributed by atoms with Crippen molar-refractivity contribution in [3.63, 3.8) is 0 Å². The van der Waals surface area contributed by atoms with Crippen LogP contribution in [0.1, 0.15) is 43.1 Å². The largest absolute Gasteiger partial charge is 0.477 e. The lowest BCUT2D eigenvalue weighted by Crippen LogP contribution is -2.31. The maximum absolute atomic E-state index is 12.1. The molecule has 7 heteroatoms. The number of aromatic carboxylic acids is 1. The predicted octanol–water partition coefficient (Wildman–Crippen LogP) is 1.82. The van der Waals surface area contributed by atoms with Crippen LogP contribution < -0.4 is 4.72 Å². The summed E-state index contributed by atoms with van der Waals surface area (Å²) in [5, 5.41) is 8.78. The van der Waals surface area contributed by atoms with Gasteiger partial charge in [0.25, 0.3) is 0 Å². The number of aromatic amines is 1. The summed E-state index contributed by atoms with van der Waals surface area (Å²) < 4.78 is 26.7. The molecule has 0 amide bonds. The Kier molecular flexibility index (Phi) is 4.49. The van der Waals surface area contributed by atoms with Crippen molar-refractivity contribution in [2.75, 3.05) is 6.54 Å². The molecule has 1 fully saturated rings. The van der Waals surface area contributed by atoms with Crippen LogP contribution in [-0.4, -0.2) is 31.0 Å². The standard InChI is InChI=1S/C13H20N2O4S/c1-9-3-2-4-10(5-9)7-15-20(18,19)11-6-12(13(16)17)14-8-11/h6,8-10,14-15H,2-5,7H2,1H3,(H,16,17). The zero-order valence-electron chi connectivity index (χ0n) is 11.4. The Balaban J connectivity index is 1.98. The van der Waals surface area contributed by atoms with Crippen LogP contribution in [0, 0.1) is 11.8 Å². The van der Waals surface area contributed by atoms with E-state index >= 15 is 0 Å². The lowest BCUT2D eigenvalue weighted by molar-refractivity contribution is 0.0691. The van der Waals surface area contributed by atoms with E-state index in [1.54, 1.807) is 0 Å². The van der Waals surface area contributed by atoms with Crippen LogP contribution in [-0.2, 0) is 10.0 Å². The summed E-state index contributed by atoms with van der Waals surface area (Å²) in [4.78, 5) is 13.1. The number of aromatic nitrogens is 1. The van der Waals surface area contributed by atoms with Gasteiger partial charge < -0.3 is 10.1 Å². The van der Waals surface area contributed by atoms with Gasteiger partial charge in [-0.1, -0.05) is 19.8 Å². The molecule has 2 atom stereocenters. The molecule has 1 heterocycles. The van der Waals surface area contributed by atoms with Gasteiger partial charge in [-0.05, 0) is 30.7 Å². The topological polar surface area (TPSA) is 99.3 Å². The summed E-state index contributed by atoms with van der Waals surface area (Å²) in [5.41, 5.74) is -0.128. The Hall–Kier alpha value is -1.34. The highest BCUT2D eigenvalue weighted by Crippen LogP contribution is 2.28. The number of H-pyrrole nitrogens is 1. The molecule has 0 saturated heterocycles. The molecule has 0 aliphatic heterocycles. The Bertz CT molecular complexity index is 579. The second-order valence-corrected chi connectivity index (χ2v) is 7.31. The van der Waals surface area contributed by atoms with E-state index in [0.717, 1.165) is 25.3 Å². The first-order valence-electron chi connectivity index (χ1n) is 6.80. The molecule has 1 saturated carbocycles. The van der Waals surface area contributed by atoms with E-state index in [-0.39, 0.29) is 10.6 Å². The van der Waals surface area contributed by atoms with Crippen LogP contribution in [0.4, 0.5) is 0 Å². The number of carboxylic acid groups (broad SMARTS) is 1. The van der Waals surface area contributed by atoms with E-state index in [9.17, 15) is 13.2 Å². The second kappa shape index (κ2) is 5.97. The summed E-state index contributed by atoms with van der Waals surface area (Å²) in [7, 11) is -3.63. The summed E-state index contributed by atoms with van der Waals surface area (Å²) in [6, 6.07) is 1.13. The van der Waals surface area contributed by atoms with Crippen LogP contribution in [0.15, 0.2) is 17.2 Å². The van der Waals surface area contributed by atoms with Crippen molar-refractivity contribution in [3.8, 4) is 0 Å². The summed E-state index contributed by atoms with van der Waals surface area (Å²) in [5.74, 6) is -0.164. The van der Waals surface area contributed by atoms with E-state index in [0.29, 0.717) is 18.4 Å². The molecule has 0 aromatic carbocycles. The number of sulfonamides is 1. The molecule has 1 aliphatic carbocycles. The third-order valence-corrected chi connectivity index (χ3v) is 5.21. The minimum absolute atomic E-state index is 0.0289. The second-order valence-electron chi connectivity index (χ2n) is 5.54. The molecule has 2 unspecified atom stereocenters. The van der Waals surface area contributed by atoms with Crippen LogP contribution in [0.3, 0.4) is 0 Å². The number of rotatable bonds is 5. The molecule has 20 heavy (non-hydrogen) atoms. The van der Waals surface area contributed by atoms with Gasteiger partial charge in [0.2, 0.25) is 10.0 Å². The van der Waals surface area contributed by atoms with Crippen LogP contribution in [0.5, 0.6) is 0 Å². The van der Waals surface area contributed by atoms with Crippen LogP contribution in [0.2, 0.25) is 0 Å². The van der Waals surface area contributed by atoms with E-state index in [1.165, 1.54) is 12.6 Å². The molecule has 1 aromatic heterocycles. The minimum atomic E-state index is -3.63. The monoisotopic (exact) mass is 300 g/mol. The van der Waals surface area contributed by atoms with Gasteiger partial charge in [0.15, 0.2) is 0 Å². The van der Waals surface area contributed by atoms with Crippen molar-refractivity contribution in [2.24, 2.45) is 11.8 Å². The molecule has 3 N–H and O–H groups in total. The molecular weight excluding hydrogens is 280 g/mol. The molecule has 112 valence electrons. The Labute approximate surface area is 118 Å². The molecule has 0 radical (unpaired) electrons. The van der Waals surface area contributed by atoms with Gasteiger partial charge >= 0.3 is 5.97 Å². The molecule has 1 aromatic rings. The number of carbonyl (C=O) groups is 1. The van der Waals surface area contributed by atoms with Crippen molar-refractivity contribution < 1.29 is 18.3 Å². The molecule has 1 aliphatic rings. The number of hydrogen-bond donors (Lipinski definition) is 3. The predicted molar refractivity (Wildman–Crippen MR) is 74.1 cm³/mol. The van der Waals surface area contributed by atoms with E-state index in [1.807, 2.05) is 0 Å². The number of nitrogens with one attached hydrogen (secondary N) is 2. The van der Waals surface area contributed by atoms with Gasteiger partial charge in [-0.25, -0.2) is 17.9 Å². The van der Waals surface area contributed by atoms with Gasteiger partial charge in [0, 0.05) is 12.7 Å². The van der Waals surface area contributed by atoms with Crippen LogP contribution >= 0.6 is 0 Å². The fourth-order valence-corrected chi connectivity index (χ4v) is 3.82. The lowest BCUT2D eigenvalue weighted by atomic mass is 9.83. The average Bonchev–Trinajstić information content (AvgIpc) is 2.87. The van der Waals surface area contributed by atoms with Crippen molar-refractivity contribution in [1.29, 1.82) is 0 Å². The Morgan fingerprint density at radius 3 is 2.85 bits per heavy atom. The van der Waals surface area contributed by atoms with Gasteiger partial charge in [-0.3, -0.25) is 0 Å². The third-order valence-electron chi connectivity index (χ3n) is 3.80. The van der Waals surface area contributed by atoms with Gasteiger partial charge in [-0.2, -0.15) is 0 Å². The smallest absolute Gasteiger partial charge is 0.352 e. The maximum atomic E-state index is 12.1. The summed E-state index contributed by atoms with van der Waals surface area (Å²) in [6.45, 7) is 2.60. The van der Waals surface area contributed by atoms with Crippen molar-refractivity contribution >= 4 is 16.0 Å². The minimum Gasteiger partial charge on any atom is -0.477 e. The zero-order chi connectivity index (χ0) is 14.8. The first kappa shape index (κ1) is 15.1. The van der Waals surface area contributed by atoms with Gasteiger partial charge in [0.1, 0.15) is 10.6 Å². The number of carboxylic acids is 1. The Morgan fingerprint density at radius 2 is 2.25 bits per heavy atom. The molecule has 0 spiro atoms. The molecular formula is C13H20N2O4S. The van der Waals surface area contributed by atoms with E-state index in [2.05, 4.69) is 16.6 Å². The zero-order valence-corrected chi connectivity index (χ0v) is 12.2. The number of hydrogen-bond acceptors (Lipinski definition) is 3. The highest BCUT2D eigenvalue weighted by Gasteiger charge is 2.23. The van der Waals surface area contributed by atoms with Gasteiger partial charge in [0.05, 0.1) is 0 Å². The summed E-state index contributed by atoms with van der Waals surface area (Å²) in [6.07, 6.45) is 5.63.